The molecule has 1 aromatic carbocycles. The highest BCUT2D eigenvalue weighted by Gasteiger charge is 2.29. The van der Waals surface area contributed by atoms with Crippen LogP contribution in [0.25, 0.3) is 0 Å². The van der Waals surface area contributed by atoms with E-state index in [0.717, 1.165) is 6.42 Å². The SMILES string of the molecule is CCCCCCCCCCCCCCCOc1ccc2c(c1)C(=O)OC2=O. The van der Waals surface area contributed by atoms with Gasteiger partial charge in [0.2, 0.25) is 0 Å². The van der Waals surface area contributed by atoms with Crippen LogP contribution in [-0.2, 0) is 4.74 Å². The number of rotatable bonds is 15. The molecule has 0 unspecified atom stereocenters. The Morgan fingerprint density at radius 1 is 0.704 bits per heavy atom. The fourth-order valence-electron chi connectivity index (χ4n) is 3.46. The summed E-state index contributed by atoms with van der Waals surface area (Å²) in [5, 5.41) is 0. The molecule has 1 aliphatic rings. The van der Waals surface area contributed by atoms with Crippen LogP contribution in [0.3, 0.4) is 0 Å². The van der Waals surface area contributed by atoms with Crippen LogP contribution in [0.2, 0.25) is 0 Å². The summed E-state index contributed by atoms with van der Waals surface area (Å²) in [5.74, 6) is -0.529. The van der Waals surface area contributed by atoms with E-state index in [9.17, 15) is 9.59 Å². The van der Waals surface area contributed by atoms with Gasteiger partial charge in [-0.25, -0.2) is 9.59 Å². The number of benzene rings is 1. The molecule has 0 saturated heterocycles. The topological polar surface area (TPSA) is 52.6 Å². The number of unbranched alkanes of at least 4 members (excludes halogenated alkanes) is 12. The van der Waals surface area contributed by atoms with Crippen LogP contribution >= 0.6 is 0 Å². The molecular formula is C23H34O4. The van der Waals surface area contributed by atoms with Crippen molar-refractivity contribution in [2.45, 2.75) is 90.4 Å². The normalized spacial score (nSPS) is 12.9. The number of ether oxygens (including phenoxy) is 2. The van der Waals surface area contributed by atoms with E-state index in [4.69, 9.17) is 4.74 Å². The minimum Gasteiger partial charge on any atom is -0.494 e. The van der Waals surface area contributed by atoms with E-state index in [2.05, 4.69) is 11.7 Å². The number of hydrogen-bond acceptors (Lipinski definition) is 4. The number of cyclic esters (lactones) is 2. The second-order valence-corrected chi connectivity index (χ2v) is 7.48. The lowest BCUT2D eigenvalue weighted by Crippen LogP contribution is -1.99. The lowest BCUT2D eigenvalue weighted by atomic mass is 10.0. The Hall–Kier alpha value is -1.84. The fourth-order valence-corrected chi connectivity index (χ4v) is 3.46. The van der Waals surface area contributed by atoms with Crippen molar-refractivity contribution in [2.24, 2.45) is 0 Å². The van der Waals surface area contributed by atoms with Gasteiger partial charge in [0.25, 0.3) is 0 Å². The minimum atomic E-state index is -0.582. The predicted octanol–water partition coefficient (Wildman–Crippen LogP) is 6.47. The molecule has 1 heterocycles. The Bertz CT molecular complexity index is 594. The Kier molecular flexibility index (Phi) is 9.96. The maximum Gasteiger partial charge on any atom is 0.347 e. The summed E-state index contributed by atoms with van der Waals surface area (Å²) in [6.07, 6.45) is 17.2. The van der Waals surface area contributed by atoms with E-state index < -0.39 is 11.9 Å². The van der Waals surface area contributed by atoms with Gasteiger partial charge in [-0.1, -0.05) is 84.0 Å². The van der Waals surface area contributed by atoms with Crippen molar-refractivity contribution in [3.63, 3.8) is 0 Å². The van der Waals surface area contributed by atoms with Crippen molar-refractivity contribution in [1.29, 1.82) is 0 Å². The van der Waals surface area contributed by atoms with Crippen molar-refractivity contribution in [1.82, 2.24) is 0 Å². The average Bonchev–Trinajstić information content (AvgIpc) is 2.95. The third-order valence-corrected chi connectivity index (χ3v) is 5.13. The highest BCUT2D eigenvalue weighted by molar-refractivity contribution is 6.14. The van der Waals surface area contributed by atoms with E-state index in [1.807, 2.05) is 0 Å². The summed E-state index contributed by atoms with van der Waals surface area (Å²) in [7, 11) is 0. The Labute approximate surface area is 163 Å². The van der Waals surface area contributed by atoms with Gasteiger partial charge in [0.1, 0.15) is 5.75 Å². The summed E-state index contributed by atoms with van der Waals surface area (Å²) < 4.78 is 10.3. The van der Waals surface area contributed by atoms with Gasteiger partial charge in [-0.05, 0) is 24.6 Å². The summed E-state index contributed by atoms with van der Waals surface area (Å²) in [4.78, 5) is 22.9. The molecule has 1 aromatic rings. The van der Waals surface area contributed by atoms with Crippen LogP contribution in [0.5, 0.6) is 5.75 Å². The number of esters is 2. The Balaban J connectivity index is 1.43. The third-order valence-electron chi connectivity index (χ3n) is 5.13. The highest BCUT2D eigenvalue weighted by atomic mass is 16.6. The van der Waals surface area contributed by atoms with E-state index in [0.29, 0.717) is 23.5 Å². The van der Waals surface area contributed by atoms with E-state index in [1.165, 1.54) is 77.0 Å². The molecule has 0 N–H and O–H groups in total. The minimum absolute atomic E-state index is 0.308. The Morgan fingerprint density at radius 2 is 1.22 bits per heavy atom. The first-order valence-corrected chi connectivity index (χ1v) is 10.8. The summed E-state index contributed by atoms with van der Waals surface area (Å²) in [5.41, 5.74) is 0.635. The first-order valence-electron chi connectivity index (χ1n) is 10.8. The van der Waals surface area contributed by atoms with Crippen molar-refractivity contribution < 1.29 is 19.1 Å². The lowest BCUT2D eigenvalue weighted by molar-refractivity contribution is 0.0443. The first-order chi connectivity index (χ1) is 13.2. The summed E-state index contributed by atoms with van der Waals surface area (Å²) in [6.45, 7) is 2.90. The molecule has 0 spiro atoms. The standard InChI is InChI=1S/C23H34O4/c1-2-3-4-5-6-7-8-9-10-11-12-13-14-17-26-19-15-16-20-21(18-19)23(25)27-22(20)24/h15-16,18H,2-14,17H2,1H3. The monoisotopic (exact) mass is 374 g/mol. The van der Waals surface area contributed by atoms with Crippen LogP contribution in [0, 0.1) is 0 Å². The molecule has 1 aliphatic heterocycles. The molecule has 150 valence electrons. The fraction of sp³-hybridized carbons (Fsp3) is 0.652. The lowest BCUT2D eigenvalue weighted by Gasteiger charge is -2.07. The van der Waals surface area contributed by atoms with Crippen LogP contribution in [0.4, 0.5) is 0 Å². The molecule has 0 saturated carbocycles. The van der Waals surface area contributed by atoms with E-state index in [-0.39, 0.29) is 0 Å². The predicted molar refractivity (Wildman–Crippen MR) is 107 cm³/mol. The molecule has 0 bridgehead atoms. The first kappa shape index (κ1) is 21.5. The average molecular weight is 375 g/mol. The second kappa shape index (κ2) is 12.5. The molecule has 0 fully saturated rings. The number of carbonyl (C=O) groups excluding carboxylic acids is 2. The van der Waals surface area contributed by atoms with Gasteiger partial charge in [0.05, 0.1) is 17.7 Å². The maximum absolute atomic E-state index is 11.5. The van der Waals surface area contributed by atoms with Gasteiger partial charge < -0.3 is 9.47 Å². The molecule has 2 rings (SSSR count). The van der Waals surface area contributed by atoms with E-state index >= 15 is 0 Å². The third kappa shape index (κ3) is 7.74. The highest BCUT2D eigenvalue weighted by Crippen LogP contribution is 2.24. The van der Waals surface area contributed by atoms with Gasteiger partial charge >= 0.3 is 11.9 Å². The smallest absolute Gasteiger partial charge is 0.347 e. The zero-order valence-corrected chi connectivity index (χ0v) is 16.8. The molecule has 0 aliphatic carbocycles. The van der Waals surface area contributed by atoms with Crippen LogP contribution in [0.1, 0.15) is 111 Å². The zero-order valence-electron chi connectivity index (χ0n) is 16.8. The van der Waals surface area contributed by atoms with Crippen LogP contribution in [-0.4, -0.2) is 18.5 Å². The second-order valence-electron chi connectivity index (χ2n) is 7.48. The number of carbonyl (C=O) groups is 2. The largest absolute Gasteiger partial charge is 0.494 e. The van der Waals surface area contributed by atoms with Crippen LogP contribution in [0.15, 0.2) is 18.2 Å². The molecule has 0 amide bonds. The quantitative estimate of drug-likeness (QED) is 0.201. The van der Waals surface area contributed by atoms with Crippen molar-refractivity contribution >= 4 is 11.9 Å². The van der Waals surface area contributed by atoms with Gasteiger partial charge in [-0.15, -0.1) is 0 Å². The van der Waals surface area contributed by atoms with Gasteiger partial charge in [0.15, 0.2) is 0 Å². The summed E-state index contributed by atoms with van der Waals surface area (Å²) >= 11 is 0. The van der Waals surface area contributed by atoms with Gasteiger partial charge in [-0.3, -0.25) is 0 Å². The number of hydrogen-bond donors (Lipinski definition) is 0. The van der Waals surface area contributed by atoms with Gasteiger partial charge in [0, 0.05) is 0 Å². The molecule has 4 heteroatoms. The van der Waals surface area contributed by atoms with Crippen molar-refractivity contribution in [2.75, 3.05) is 6.61 Å². The van der Waals surface area contributed by atoms with Crippen molar-refractivity contribution in [3.05, 3.63) is 29.3 Å². The molecule has 0 radical (unpaired) electrons. The molecule has 0 aromatic heterocycles. The van der Waals surface area contributed by atoms with Crippen molar-refractivity contribution in [3.8, 4) is 5.75 Å². The molecule has 0 atom stereocenters. The zero-order chi connectivity index (χ0) is 19.3. The maximum atomic E-state index is 11.5. The van der Waals surface area contributed by atoms with Crippen LogP contribution < -0.4 is 4.74 Å². The van der Waals surface area contributed by atoms with E-state index in [1.54, 1.807) is 18.2 Å². The Morgan fingerprint density at radius 3 is 1.81 bits per heavy atom. The molecular weight excluding hydrogens is 340 g/mol. The van der Waals surface area contributed by atoms with Gasteiger partial charge in [-0.2, -0.15) is 0 Å². The summed E-state index contributed by atoms with van der Waals surface area (Å²) in [6, 6.07) is 4.92. The molecule has 4 nitrogen and oxygen atoms in total. The molecule has 27 heavy (non-hydrogen) atoms. The number of fused-ring (bicyclic) bond motifs is 1.